The largest absolute Gasteiger partial charge is 0.377 e. The van der Waals surface area contributed by atoms with Crippen LogP contribution in [0.3, 0.4) is 0 Å². The van der Waals surface area contributed by atoms with Gasteiger partial charge in [0.05, 0.1) is 18.2 Å². The van der Waals surface area contributed by atoms with Crippen molar-refractivity contribution in [2.24, 2.45) is 11.5 Å². The van der Waals surface area contributed by atoms with Crippen molar-refractivity contribution in [2.75, 3.05) is 6.61 Å². The maximum absolute atomic E-state index is 10.6. The van der Waals surface area contributed by atoms with Gasteiger partial charge in [-0.25, -0.2) is 0 Å². The molecule has 0 spiro atoms. The summed E-state index contributed by atoms with van der Waals surface area (Å²) >= 11 is 0. The Bertz CT molecular complexity index is 172. The molecule has 0 aromatic carbocycles. The molecule has 1 aliphatic heterocycles. The summed E-state index contributed by atoms with van der Waals surface area (Å²) in [7, 11) is 0. The highest BCUT2D eigenvalue weighted by molar-refractivity contribution is 5.75. The summed E-state index contributed by atoms with van der Waals surface area (Å²) in [6.07, 6.45) is 1.09. The molecule has 0 aliphatic carbocycles. The second-order valence-corrected chi connectivity index (χ2v) is 3.33. The van der Waals surface area contributed by atoms with E-state index in [1.807, 2.05) is 6.92 Å². The number of carbonyl (C=O) groups is 1. The number of rotatable bonds is 2. The second kappa shape index (κ2) is 2.79. The lowest BCUT2D eigenvalue weighted by atomic mass is 9.93. The zero-order valence-corrected chi connectivity index (χ0v) is 6.67. The zero-order chi connectivity index (χ0) is 8.48. The van der Waals surface area contributed by atoms with Gasteiger partial charge < -0.3 is 16.2 Å². The summed E-state index contributed by atoms with van der Waals surface area (Å²) in [5, 5.41) is 0. The van der Waals surface area contributed by atoms with Gasteiger partial charge in [0.15, 0.2) is 0 Å². The third-order valence-electron chi connectivity index (χ3n) is 1.88. The predicted molar refractivity (Wildman–Crippen MR) is 40.8 cm³/mol. The molecule has 2 unspecified atom stereocenters. The van der Waals surface area contributed by atoms with E-state index in [1.165, 1.54) is 0 Å². The molecule has 4 heteroatoms. The minimum atomic E-state index is -0.509. The maximum atomic E-state index is 10.6. The lowest BCUT2D eigenvalue weighted by Gasteiger charge is -2.18. The fraction of sp³-hybridized carbons (Fsp3) is 0.857. The Hall–Kier alpha value is -0.610. The quantitative estimate of drug-likeness (QED) is 0.561. The Balaban J connectivity index is 2.48. The molecule has 1 heterocycles. The molecular weight excluding hydrogens is 144 g/mol. The van der Waals surface area contributed by atoms with Crippen molar-refractivity contribution in [3.63, 3.8) is 0 Å². The van der Waals surface area contributed by atoms with Gasteiger partial charge in [0.25, 0.3) is 0 Å². The van der Waals surface area contributed by atoms with Crippen molar-refractivity contribution >= 4 is 5.91 Å². The monoisotopic (exact) mass is 158 g/mol. The van der Waals surface area contributed by atoms with Gasteiger partial charge in [-0.05, 0) is 13.3 Å². The topological polar surface area (TPSA) is 78.3 Å². The van der Waals surface area contributed by atoms with E-state index in [4.69, 9.17) is 16.2 Å². The fourth-order valence-electron chi connectivity index (χ4n) is 1.47. The van der Waals surface area contributed by atoms with Crippen molar-refractivity contribution in [3.05, 3.63) is 0 Å². The average molecular weight is 158 g/mol. The summed E-state index contributed by atoms with van der Waals surface area (Å²) in [4.78, 5) is 10.6. The number of hydrogen-bond donors (Lipinski definition) is 2. The standard InChI is InChI=1S/C7H14N2O2/c1-5-2-7(9,4-11-5)3-6(8)10/h5H,2-4,9H2,1H3,(H2,8,10). The lowest BCUT2D eigenvalue weighted by molar-refractivity contribution is -0.119. The highest BCUT2D eigenvalue weighted by Gasteiger charge is 2.35. The molecule has 64 valence electrons. The van der Waals surface area contributed by atoms with Crippen LogP contribution in [0.1, 0.15) is 19.8 Å². The van der Waals surface area contributed by atoms with Crippen molar-refractivity contribution in [1.29, 1.82) is 0 Å². The van der Waals surface area contributed by atoms with Gasteiger partial charge >= 0.3 is 0 Å². The number of primary amides is 1. The van der Waals surface area contributed by atoms with Crippen LogP contribution in [0.4, 0.5) is 0 Å². The Kier molecular flexibility index (Phi) is 2.15. The number of hydrogen-bond acceptors (Lipinski definition) is 3. The smallest absolute Gasteiger partial charge is 0.219 e. The summed E-state index contributed by atoms with van der Waals surface area (Å²) in [5.74, 6) is -0.356. The van der Waals surface area contributed by atoms with Crippen molar-refractivity contribution < 1.29 is 9.53 Å². The third-order valence-corrected chi connectivity index (χ3v) is 1.88. The van der Waals surface area contributed by atoms with E-state index >= 15 is 0 Å². The molecule has 1 fully saturated rings. The summed E-state index contributed by atoms with van der Waals surface area (Å²) in [6, 6.07) is 0. The molecule has 1 amide bonds. The third kappa shape index (κ3) is 2.17. The zero-order valence-electron chi connectivity index (χ0n) is 6.67. The molecule has 0 bridgehead atoms. The molecule has 11 heavy (non-hydrogen) atoms. The van der Waals surface area contributed by atoms with E-state index in [2.05, 4.69) is 0 Å². The van der Waals surface area contributed by atoms with E-state index in [9.17, 15) is 4.79 Å². The number of carbonyl (C=O) groups excluding carboxylic acids is 1. The Morgan fingerprint density at radius 1 is 1.82 bits per heavy atom. The Morgan fingerprint density at radius 2 is 2.45 bits per heavy atom. The predicted octanol–water partition coefficient (Wildman–Crippen LogP) is -0.632. The second-order valence-electron chi connectivity index (χ2n) is 3.33. The van der Waals surface area contributed by atoms with Crippen LogP contribution in [-0.4, -0.2) is 24.2 Å². The molecule has 4 N–H and O–H groups in total. The molecule has 0 radical (unpaired) electrons. The van der Waals surface area contributed by atoms with Gasteiger partial charge in [-0.1, -0.05) is 0 Å². The van der Waals surface area contributed by atoms with Crippen LogP contribution in [0, 0.1) is 0 Å². The maximum Gasteiger partial charge on any atom is 0.219 e. The van der Waals surface area contributed by atoms with E-state index in [0.29, 0.717) is 6.61 Å². The number of ether oxygens (including phenoxy) is 1. The molecule has 1 aliphatic rings. The first-order chi connectivity index (χ1) is 5.02. The molecule has 0 saturated carbocycles. The van der Waals surface area contributed by atoms with Crippen molar-refractivity contribution in [1.82, 2.24) is 0 Å². The van der Waals surface area contributed by atoms with Crippen molar-refractivity contribution in [3.8, 4) is 0 Å². The van der Waals surface area contributed by atoms with E-state index < -0.39 is 5.54 Å². The molecule has 1 saturated heterocycles. The molecular formula is C7H14N2O2. The first-order valence-electron chi connectivity index (χ1n) is 3.71. The van der Waals surface area contributed by atoms with Crippen LogP contribution in [0.15, 0.2) is 0 Å². The molecule has 2 atom stereocenters. The van der Waals surface area contributed by atoms with E-state index in [0.717, 1.165) is 6.42 Å². The average Bonchev–Trinajstić information content (AvgIpc) is 2.08. The van der Waals surface area contributed by atoms with Gasteiger partial charge in [-0.3, -0.25) is 4.79 Å². The van der Waals surface area contributed by atoms with E-state index in [-0.39, 0.29) is 18.4 Å². The van der Waals surface area contributed by atoms with Gasteiger partial charge in [-0.15, -0.1) is 0 Å². The summed E-state index contributed by atoms with van der Waals surface area (Å²) < 4.78 is 5.24. The highest BCUT2D eigenvalue weighted by atomic mass is 16.5. The lowest BCUT2D eigenvalue weighted by Crippen LogP contribution is -2.44. The van der Waals surface area contributed by atoms with Gasteiger partial charge in [0.2, 0.25) is 5.91 Å². The van der Waals surface area contributed by atoms with Crippen molar-refractivity contribution in [2.45, 2.75) is 31.4 Å². The number of nitrogens with two attached hydrogens (primary N) is 2. The van der Waals surface area contributed by atoms with Gasteiger partial charge in [0.1, 0.15) is 0 Å². The minimum Gasteiger partial charge on any atom is -0.377 e. The van der Waals surface area contributed by atoms with Crippen LogP contribution in [0.2, 0.25) is 0 Å². The summed E-state index contributed by atoms with van der Waals surface area (Å²) in [6.45, 7) is 2.38. The fourth-order valence-corrected chi connectivity index (χ4v) is 1.47. The Labute approximate surface area is 65.9 Å². The van der Waals surface area contributed by atoms with Gasteiger partial charge in [-0.2, -0.15) is 0 Å². The molecule has 0 aromatic rings. The summed E-state index contributed by atoms with van der Waals surface area (Å²) in [5.41, 5.74) is 10.3. The van der Waals surface area contributed by atoms with Crippen LogP contribution in [-0.2, 0) is 9.53 Å². The first-order valence-corrected chi connectivity index (χ1v) is 3.71. The van der Waals surface area contributed by atoms with Crippen LogP contribution >= 0.6 is 0 Å². The molecule has 1 rings (SSSR count). The minimum absolute atomic E-state index is 0.152. The normalized spacial score (nSPS) is 37.5. The SMILES string of the molecule is CC1CC(N)(CC(N)=O)CO1. The number of amides is 1. The molecule has 4 nitrogen and oxygen atoms in total. The van der Waals surface area contributed by atoms with Crippen LogP contribution in [0.5, 0.6) is 0 Å². The highest BCUT2D eigenvalue weighted by Crippen LogP contribution is 2.23. The Morgan fingerprint density at radius 3 is 2.82 bits per heavy atom. The van der Waals surface area contributed by atoms with Crippen LogP contribution < -0.4 is 11.5 Å². The van der Waals surface area contributed by atoms with Crippen LogP contribution in [0.25, 0.3) is 0 Å². The van der Waals surface area contributed by atoms with E-state index in [1.54, 1.807) is 0 Å². The molecule has 0 aromatic heterocycles. The van der Waals surface area contributed by atoms with Gasteiger partial charge in [0, 0.05) is 6.42 Å². The first kappa shape index (κ1) is 8.49.